The molecule has 0 spiro atoms. The van der Waals surface area contributed by atoms with Crippen molar-refractivity contribution in [2.45, 2.75) is 77.9 Å². The van der Waals surface area contributed by atoms with Crippen LogP contribution < -0.4 is 10.6 Å². The van der Waals surface area contributed by atoms with Gasteiger partial charge >= 0.3 is 0 Å². The number of carbonyl (C=O) groups excluding carboxylic acids is 1. The molecule has 0 radical (unpaired) electrons. The number of rotatable bonds is 6. The maximum absolute atomic E-state index is 13.8. The maximum atomic E-state index is 13.8. The van der Waals surface area contributed by atoms with Crippen LogP contribution in [0.3, 0.4) is 0 Å². The van der Waals surface area contributed by atoms with E-state index in [9.17, 15) is 4.79 Å². The van der Waals surface area contributed by atoms with Gasteiger partial charge in [-0.2, -0.15) is 5.10 Å². The van der Waals surface area contributed by atoms with E-state index in [0.29, 0.717) is 5.56 Å². The summed E-state index contributed by atoms with van der Waals surface area (Å²) in [4.78, 5) is 13.8. The first-order valence-corrected chi connectivity index (χ1v) is 12.0. The molecule has 1 amide bonds. The number of nitrogens with one attached hydrogen (secondary N) is 2. The molecule has 2 aromatic carbocycles. The number of aromatic nitrogens is 2. The highest BCUT2D eigenvalue weighted by Crippen LogP contribution is 2.41. The highest BCUT2D eigenvalue weighted by molar-refractivity contribution is 6.00. The van der Waals surface area contributed by atoms with Gasteiger partial charge in [-0.3, -0.25) is 4.79 Å². The summed E-state index contributed by atoms with van der Waals surface area (Å²) in [6, 6.07) is 19.1. The summed E-state index contributed by atoms with van der Waals surface area (Å²) in [5, 5.41) is 11.9. The van der Waals surface area contributed by atoms with E-state index in [0.717, 1.165) is 36.3 Å². The van der Waals surface area contributed by atoms with E-state index in [1.54, 1.807) is 0 Å². The predicted molar refractivity (Wildman–Crippen MR) is 135 cm³/mol. The number of fused-ring (bicyclic) bond motifs is 1. The van der Waals surface area contributed by atoms with E-state index in [4.69, 9.17) is 5.10 Å². The van der Waals surface area contributed by atoms with E-state index >= 15 is 0 Å². The van der Waals surface area contributed by atoms with Crippen molar-refractivity contribution in [2.75, 3.05) is 5.32 Å². The van der Waals surface area contributed by atoms with E-state index in [1.165, 1.54) is 11.1 Å². The first kappa shape index (κ1) is 23.1. The largest absolute Gasteiger partial charge is 0.363 e. The van der Waals surface area contributed by atoms with Gasteiger partial charge in [-0.1, -0.05) is 74.0 Å². The highest BCUT2D eigenvalue weighted by atomic mass is 16.2. The van der Waals surface area contributed by atoms with Gasteiger partial charge in [0.15, 0.2) is 0 Å². The van der Waals surface area contributed by atoms with Crippen LogP contribution in [0.2, 0.25) is 0 Å². The Hall–Kier alpha value is -3.08. The number of hydrogen-bond donors (Lipinski definition) is 2. The van der Waals surface area contributed by atoms with Gasteiger partial charge in [-0.25, -0.2) is 4.68 Å². The molecule has 1 aliphatic rings. The summed E-state index contributed by atoms with van der Waals surface area (Å²) < 4.78 is 2.00. The minimum atomic E-state index is -0.422. The average molecular weight is 445 g/mol. The van der Waals surface area contributed by atoms with Gasteiger partial charge in [0.25, 0.3) is 5.91 Å². The Labute approximate surface area is 197 Å². The molecule has 2 N–H and O–H groups in total. The third kappa shape index (κ3) is 4.17. The molecule has 1 aromatic heterocycles. The second-order valence-corrected chi connectivity index (χ2v) is 9.95. The summed E-state index contributed by atoms with van der Waals surface area (Å²) in [7, 11) is 0. The molecular formula is C28H36N4O. The molecule has 0 aliphatic carbocycles. The Morgan fingerprint density at radius 3 is 2.33 bits per heavy atom. The minimum absolute atomic E-state index is 0.0740. The lowest BCUT2D eigenvalue weighted by Gasteiger charge is -2.38. The predicted octanol–water partition coefficient (Wildman–Crippen LogP) is 6.24. The first-order chi connectivity index (χ1) is 15.7. The molecule has 0 saturated heterocycles. The van der Waals surface area contributed by atoms with E-state index < -0.39 is 5.54 Å². The lowest BCUT2D eigenvalue weighted by Crippen LogP contribution is -2.45. The Balaban J connectivity index is 1.72. The molecule has 3 aromatic rings. The minimum Gasteiger partial charge on any atom is -0.363 e. The van der Waals surface area contributed by atoms with E-state index in [-0.39, 0.29) is 17.5 Å². The normalized spacial score (nSPS) is 17.2. The summed E-state index contributed by atoms with van der Waals surface area (Å²) >= 11 is 0. The lowest BCUT2D eigenvalue weighted by atomic mass is 9.84. The summed E-state index contributed by atoms with van der Waals surface area (Å²) in [5.41, 5.74) is 4.33. The second kappa shape index (κ2) is 8.69. The summed E-state index contributed by atoms with van der Waals surface area (Å²) in [5.74, 6) is 0.732. The number of nitrogens with zero attached hydrogens (tertiary/aromatic N) is 2. The van der Waals surface area contributed by atoms with Gasteiger partial charge in [-0.15, -0.1) is 0 Å². The fourth-order valence-corrected chi connectivity index (χ4v) is 5.12. The van der Waals surface area contributed by atoms with Gasteiger partial charge in [0.1, 0.15) is 11.4 Å². The van der Waals surface area contributed by atoms with Gasteiger partial charge in [0, 0.05) is 0 Å². The molecule has 174 valence electrons. The molecule has 1 atom stereocenters. The topological polar surface area (TPSA) is 59.0 Å². The van der Waals surface area contributed by atoms with Crippen molar-refractivity contribution in [3.05, 3.63) is 82.5 Å². The van der Waals surface area contributed by atoms with Gasteiger partial charge in [0.2, 0.25) is 0 Å². The van der Waals surface area contributed by atoms with Crippen LogP contribution in [0.5, 0.6) is 0 Å². The third-order valence-corrected chi connectivity index (χ3v) is 7.24. The first-order valence-electron chi connectivity index (χ1n) is 12.0. The summed E-state index contributed by atoms with van der Waals surface area (Å²) in [6.45, 7) is 12.7. The van der Waals surface area contributed by atoms with Crippen LogP contribution in [0.15, 0.2) is 54.6 Å². The molecule has 0 bridgehead atoms. The Morgan fingerprint density at radius 1 is 1.09 bits per heavy atom. The van der Waals surface area contributed by atoms with Crippen molar-refractivity contribution in [1.82, 2.24) is 15.1 Å². The zero-order chi connectivity index (χ0) is 23.8. The maximum Gasteiger partial charge on any atom is 0.257 e. The van der Waals surface area contributed by atoms with E-state index in [1.807, 2.05) is 17.7 Å². The molecule has 0 unspecified atom stereocenters. The Kier molecular flexibility index (Phi) is 6.08. The van der Waals surface area contributed by atoms with Crippen LogP contribution in [-0.4, -0.2) is 15.7 Å². The Bertz CT molecular complexity index is 1120. The summed E-state index contributed by atoms with van der Waals surface area (Å²) in [6.07, 6.45) is 2.52. The molecule has 33 heavy (non-hydrogen) atoms. The van der Waals surface area contributed by atoms with E-state index in [2.05, 4.69) is 93.8 Å². The second-order valence-electron chi connectivity index (χ2n) is 9.95. The number of aryl methyl sites for hydroxylation is 2. The molecule has 5 heteroatoms. The zero-order valence-electron chi connectivity index (χ0n) is 20.7. The van der Waals surface area contributed by atoms with Crippen LogP contribution in [0.1, 0.15) is 85.7 Å². The van der Waals surface area contributed by atoms with Crippen molar-refractivity contribution in [3.63, 3.8) is 0 Å². The molecule has 2 heterocycles. The van der Waals surface area contributed by atoms with Crippen LogP contribution in [0.4, 0.5) is 5.82 Å². The zero-order valence-corrected chi connectivity index (χ0v) is 20.7. The fourth-order valence-electron chi connectivity index (χ4n) is 5.12. The molecule has 5 nitrogen and oxygen atoms in total. The standard InChI is InChI=1S/C28H36N4O/c1-7-28(8-2,22-16-14-19(3)15-17-22)30-26(33)24-20(4)31-32-25(24)29-23(18-27(32,5)6)21-12-10-9-11-13-21/h9-17,23,29H,7-8,18H2,1-6H3,(H,30,33)/t23-/m1/s1. The number of benzene rings is 2. The number of carbonyl (C=O) groups is 1. The van der Waals surface area contributed by atoms with Crippen LogP contribution in [-0.2, 0) is 11.1 Å². The number of anilines is 1. The van der Waals surface area contributed by atoms with Gasteiger partial charge in [-0.05, 0) is 58.1 Å². The average Bonchev–Trinajstić information content (AvgIpc) is 3.15. The Morgan fingerprint density at radius 2 is 1.73 bits per heavy atom. The smallest absolute Gasteiger partial charge is 0.257 e. The van der Waals surface area contributed by atoms with Gasteiger partial charge < -0.3 is 10.6 Å². The monoisotopic (exact) mass is 444 g/mol. The van der Waals surface area contributed by atoms with Crippen molar-refractivity contribution in [3.8, 4) is 0 Å². The molecule has 0 fully saturated rings. The van der Waals surface area contributed by atoms with Crippen LogP contribution >= 0.6 is 0 Å². The molecule has 4 rings (SSSR count). The van der Waals surface area contributed by atoms with Crippen molar-refractivity contribution in [1.29, 1.82) is 0 Å². The fraction of sp³-hybridized carbons (Fsp3) is 0.429. The molecular weight excluding hydrogens is 408 g/mol. The quantitative estimate of drug-likeness (QED) is 0.473. The van der Waals surface area contributed by atoms with Gasteiger partial charge in [0.05, 0.1) is 22.8 Å². The number of amides is 1. The van der Waals surface area contributed by atoms with Crippen molar-refractivity contribution in [2.24, 2.45) is 0 Å². The SMILES string of the molecule is CCC(CC)(NC(=O)c1c(C)nn2c1N[C@@H](c1ccccc1)CC2(C)C)c1ccc(C)cc1. The third-order valence-electron chi connectivity index (χ3n) is 7.24. The van der Waals surface area contributed by atoms with Crippen molar-refractivity contribution < 1.29 is 4.79 Å². The van der Waals surface area contributed by atoms with Crippen LogP contribution in [0, 0.1) is 13.8 Å². The molecule has 0 saturated carbocycles. The highest BCUT2D eigenvalue weighted by Gasteiger charge is 2.39. The number of hydrogen-bond acceptors (Lipinski definition) is 3. The van der Waals surface area contributed by atoms with Crippen LogP contribution in [0.25, 0.3) is 0 Å². The molecule has 1 aliphatic heterocycles. The van der Waals surface area contributed by atoms with Crippen molar-refractivity contribution >= 4 is 11.7 Å². The lowest BCUT2D eigenvalue weighted by molar-refractivity contribution is 0.0889.